The molecule has 18 heavy (non-hydrogen) atoms. The number of nitrogens with zero attached hydrogens (tertiary/aromatic N) is 2. The highest BCUT2D eigenvalue weighted by Crippen LogP contribution is 2.09. The highest BCUT2D eigenvalue weighted by Gasteiger charge is 2.14. The lowest BCUT2D eigenvalue weighted by Gasteiger charge is -2.08. The minimum Gasteiger partial charge on any atom is -0.479 e. The average Bonchev–Trinajstić information content (AvgIpc) is 2.74. The Morgan fingerprint density at radius 3 is 2.67 bits per heavy atom. The number of urea groups is 1. The molecule has 0 saturated carbocycles. The molecular formula is C10H16N4O4. The number of anilines is 1. The van der Waals surface area contributed by atoms with Crippen molar-refractivity contribution in [2.24, 2.45) is 0 Å². The van der Waals surface area contributed by atoms with E-state index in [-0.39, 0.29) is 12.6 Å². The molecule has 1 heterocycles. The normalized spacial score (nSPS) is 12.2. The molecule has 0 aliphatic heterocycles. The quantitative estimate of drug-likeness (QED) is 0.593. The van der Waals surface area contributed by atoms with Gasteiger partial charge in [-0.2, -0.15) is 5.10 Å². The van der Waals surface area contributed by atoms with Gasteiger partial charge in [-0.25, -0.2) is 9.59 Å². The summed E-state index contributed by atoms with van der Waals surface area (Å²) in [5, 5.41) is 26.1. The van der Waals surface area contributed by atoms with Gasteiger partial charge < -0.3 is 20.8 Å². The molecule has 1 atom stereocenters. The number of carbonyl (C=O) groups excluding carboxylic acids is 1. The summed E-state index contributed by atoms with van der Waals surface area (Å²) >= 11 is 0. The van der Waals surface area contributed by atoms with E-state index < -0.39 is 18.1 Å². The number of nitrogens with one attached hydrogen (secondary N) is 2. The number of aromatic nitrogens is 2. The highest BCUT2D eigenvalue weighted by atomic mass is 16.4. The lowest BCUT2D eigenvalue weighted by Crippen LogP contribution is -2.38. The molecule has 0 aliphatic carbocycles. The van der Waals surface area contributed by atoms with Gasteiger partial charge in [0.25, 0.3) is 0 Å². The van der Waals surface area contributed by atoms with Gasteiger partial charge in [-0.05, 0) is 13.8 Å². The summed E-state index contributed by atoms with van der Waals surface area (Å²) in [6, 6.07) is -0.420. The number of hydrogen-bond acceptors (Lipinski definition) is 4. The van der Waals surface area contributed by atoms with E-state index in [1.54, 1.807) is 10.9 Å². The number of aliphatic hydroxyl groups is 1. The molecule has 0 saturated heterocycles. The summed E-state index contributed by atoms with van der Waals surface area (Å²) in [6.07, 6.45) is 1.51. The second kappa shape index (κ2) is 6.01. The molecule has 0 aliphatic rings. The lowest BCUT2D eigenvalue weighted by atomic mass is 10.4. The molecule has 2 amide bonds. The van der Waals surface area contributed by atoms with Crippen molar-refractivity contribution in [1.29, 1.82) is 0 Å². The van der Waals surface area contributed by atoms with Crippen LogP contribution in [0, 0.1) is 0 Å². The Morgan fingerprint density at radius 1 is 1.50 bits per heavy atom. The monoisotopic (exact) mass is 256 g/mol. The van der Waals surface area contributed by atoms with E-state index in [1.807, 2.05) is 13.8 Å². The van der Waals surface area contributed by atoms with E-state index in [9.17, 15) is 9.59 Å². The van der Waals surface area contributed by atoms with Crippen LogP contribution in [0.5, 0.6) is 0 Å². The Bertz CT molecular complexity index is 429. The maximum absolute atomic E-state index is 11.4. The molecule has 0 aromatic carbocycles. The third-order valence-corrected chi connectivity index (χ3v) is 2.13. The third-order valence-electron chi connectivity index (χ3n) is 2.13. The molecule has 100 valence electrons. The molecule has 1 rings (SSSR count). The van der Waals surface area contributed by atoms with Gasteiger partial charge in [0.2, 0.25) is 0 Å². The number of carboxylic acid groups (broad SMARTS) is 1. The van der Waals surface area contributed by atoms with Crippen molar-refractivity contribution in [1.82, 2.24) is 15.1 Å². The van der Waals surface area contributed by atoms with Crippen LogP contribution in [0.1, 0.15) is 19.9 Å². The molecule has 0 spiro atoms. The first-order chi connectivity index (χ1) is 8.40. The molecule has 1 unspecified atom stereocenters. The Hall–Kier alpha value is -2.09. The first kappa shape index (κ1) is 14.0. The van der Waals surface area contributed by atoms with Crippen LogP contribution >= 0.6 is 0 Å². The summed E-state index contributed by atoms with van der Waals surface area (Å²) in [5.41, 5.74) is 0.492. The van der Waals surface area contributed by atoms with Crippen LogP contribution in [0.4, 0.5) is 10.5 Å². The van der Waals surface area contributed by atoms with Crippen LogP contribution in [0.15, 0.2) is 12.4 Å². The Labute approximate surface area is 104 Å². The minimum absolute atomic E-state index is 0.178. The Kier molecular flexibility index (Phi) is 4.67. The molecule has 1 aromatic rings. The van der Waals surface area contributed by atoms with Crippen LogP contribution in [0.25, 0.3) is 0 Å². The van der Waals surface area contributed by atoms with E-state index in [1.165, 1.54) is 6.20 Å². The molecule has 8 heteroatoms. The fourth-order valence-electron chi connectivity index (χ4n) is 1.14. The van der Waals surface area contributed by atoms with Gasteiger partial charge in [-0.1, -0.05) is 0 Å². The summed E-state index contributed by atoms with van der Waals surface area (Å²) in [5.74, 6) is -1.39. The summed E-state index contributed by atoms with van der Waals surface area (Å²) in [7, 11) is 0. The molecule has 0 bridgehead atoms. The SMILES string of the molecule is CC(C)n1cc(NC(=O)NCC(O)C(=O)O)cn1. The van der Waals surface area contributed by atoms with Crippen LogP contribution in [-0.2, 0) is 4.79 Å². The number of hydrogen-bond donors (Lipinski definition) is 4. The Balaban J connectivity index is 2.42. The fourth-order valence-corrected chi connectivity index (χ4v) is 1.14. The Morgan fingerprint density at radius 2 is 2.17 bits per heavy atom. The molecule has 4 N–H and O–H groups in total. The van der Waals surface area contributed by atoms with Crippen molar-refractivity contribution in [2.75, 3.05) is 11.9 Å². The number of rotatable bonds is 5. The number of carboxylic acids is 1. The van der Waals surface area contributed by atoms with E-state index >= 15 is 0 Å². The predicted octanol–water partition coefficient (Wildman–Crippen LogP) is 0.0310. The van der Waals surface area contributed by atoms with Crippen molar-refractivity contribution < 1.29 is 19.8 Å². The van der Waals surface area contributed by atoms with E-state index in [0.29, 0.717) is 5.69 Å². The van der Waals surface area contributed by atoms with Gasteiger partial charge in [-0.15, -0.1) is 0 Å². The van der Waals surface area contributed by atoms with Crippen molar-refractivity contribution in [3.8, 4) is 0 Å². The van der Waals surface area contributed by atoms with Crippen molar-refractivity contribution in [3.05, 3.63) is 12.4 Å². The zero-order valence-corrected chi connectivity index (χ0v) is 10.1. The third kappa shape index (κ3) is 4.06. The highest BCUT2D eigenvalue weighted by molar-refractivity contribution is 5.89. The smallest absolute Gasteiger partial charge is 0.334 e. The van der Waals surface area contributed by atoms with Gasteiger partial charge in [0, 0.05) is 12.2 Å². The first-order valence-electron chi connectivity index (χ1n) is 5.40. The number of aliphatic hydroxyl groups excluding tert-OH is 1. The van der Waals surface area contributed by atoms with Gasteiger partial charge in [0.05, 0.1) is 18.4 Å². The van der Waals surface area contributed by atoms with Gasteiger partial charge in [-0.3, -0.25) is 4.68 Å². The molecule has 1 aromatic heterocycles. The maximum atomic E-state index is 11.4. The minimum atomic E-state index is -1.62. The van der Waals surface area contributed by atoms with Crippen molar-refractivity contribution in [3.63, 3.8) is 0 Å². The van der Waals surface area contributed by atoms with Gasteiger partial charge >= 0.3 is 12.0 Å². The summed E-state index contributed by atoms with van der Waals surface area (Å²) in [4.78, 5) is 21.7. The largest absolute Gasteiger partial charge is 0.479 e. The summed E-state index contributed by atoms with van der Waals surface area (Å²) < 4.78 is 1.67. The lowest BCUT2D eigenvalue weighted by molar-refractivity contribution is -0.146. The standard InChI is InChI=1S/C10H16N4O4/c1-6(2)14-5-7(3-12-14)13-10(18)11-4-8(15)9(16)17/h3,5-6,8,15H,4H2,1-2H3,(H,16,17)(H2,11,13,18). The van der Waals surface area contributed by atoms with Crippen LogP contribution < -0.4 is 10.6 Å². The predicted molar refractivity (Wildman–Crippen MR) is 63.3 cm³/mol. The second-order valence-corrected chi connectivity index (χ2v) is 3.99. The molecular weight excluding hydrogens is 240 g/mol. The molecule has 0 fully saturated rings. The van der Waals surface area contributed by atoms with Crippen molar-refractivity contribution in [2.45, 2.75) is 26.0 Å². The fraction of sp³-hybridized carbons (Fsp3) is 0.500. The number of aliphatic carboxylic acids is 1. The average molecular weight is 256 g/mol. The number of carbonyl (C=O) groups is 2. The van der Waals surface area contributed by atoms with Crippen LogP contribution in [-0.4, -0.2) is 44.6 Å². The van der Waals surface area contributed by atoms with Crippen LogP contribution in [0.2, 0.25) is 0 Å². The molecule has 8 nitrogen and oxygen atoms in total. The van der Waals surface area contributed by atoms with Gasteiger partial charge in [0.15, 0.2) is 6.10 Å². The topological polar surface area (TPSA) is 116 Å². The van der Waals surface area contributed by atoms with E-state index in [2.05, 4.69) is 15.7 Å². The zero-order chi connectivity index (χ0) is 13.7. The van der Waals surface area contributed by atoms with Crippen LogP contribution in [0.3, 0.4) is 0 Å². The van der Waals surface area contributed by atoms with E-state index in [4.69, 9.17) is 10.2 Å². The second-order valence-electron chi connectivity index (χ2n) is 3.99. The van der Waals surface area contributed by atoms with E-state index in [0.717, 1.165) is 0 Å². The zero-order valence-electron chi connectivity index (χ0n) is 10.1. The molecule has 0 radical (unpaired) electrons. The van der Waals surface area contributed by atoms with Gasteiger partial charge in [0.1, 0.15) is 0 Å². The first-order valence-corrected chi connectivity index (χ1v) is 5.40. The maximum Gasteiger partial charge on any atom is 0.334 e. The summed E-state index contributed by atoms with van der Waals surface area (Å²) in [6.45, 7) is 3.53. The number of amides is 2. The van der Waals surface area contributed by atoms with Crippen molar-refractivity contribution >= 4 is 17.7 Å².